The highest BCUT2D eigenvalue weighted by Gasteiger charge is 2.33. The van der Waals surface area contributed by atoms with Gasteiger partial charge in [-0.05, 0) is 30.7 Å². The molecule has 2 rings (SSSR count). The summed E-state index contributed by atoms with van der Waals surface area (Å²) in [6.45, 7) is 1.37. The summed E-state index contributed by atoms with van der Waals surface area (Å²) in [6, 6.07) is 12.4. The van der Waals surface area contributed by atoms with Gasteiger partial charge in [0, 0.05) is 11.1 Å². The van der Waals surface area contributed by atoms with E-state index in [1.165, 1.54) is 31.2 Å². The van der Waals surface area contributed by atoms with Gasteiger partial charge in [0.1, 0.15) is 0 Å². The molecule has 0 bridgehead atoms. The van der Waals surface area contributed by atoms with E-state index in [2.05, 4.69) is 6.07 Å². The van der Waals surface area contributed by atoms with E-state index in [0.29, 0.717) is 11.1 Å². The third kappa shape index (κ3) is 2.84. The van der Waals surface area contributed by atoms with Gasteiger partial charge in [-0.1, -0.05) is 30.3 Å². The Labute approximate surface area is 108 Å². The maximum Gasteiger partial charge on any atom is 0.417 e. The molecule has 19 heavy (non-hydrogen) atoms. The summed E-state index contributed by atoms with van der Waals surface area (Å²) in [5.74, 6) is -0.189. The van der Waals surface area contributed by atoms with Gasteiger partial charge in [-0.15, -0.1) is 0 Å². The first-order valence-corrected chi connectivity index (χ1v) is 5.59. The molecule has 0 aliphatic carbocycles. The zero-order chi connectivity index (χ0) is 14.0. The minimum absolute atomic E-state index is 0.0434. The van der Waals surface area contributed by atoms with E-state index >= 15 is 0 Å². The van der Waals surface area contributed by atoms with E-state index in [9.17, 15) is 18.0 Å². The van der Waals surface area contributed by atoms with Crippen molar-refractivity contribution in [1.29, 1.82) is 0 Å². The summed E-state index contributed by atoms with van der Waals surface area (Å²) in [5, 5.41) is 0. The fraction of sp³-hybridized carbons (Fsp3) is 0.133. The molecule has 0 saturated heterocycles. The number of hydrogen-bond donors (Lipinski definition) is 0. The number of benzene rings is 2. The maximum absolute atomic E-state index is 12.9. The molecule has 1 radical (unpaired) electrons. The lowest BCUT2D eigenvalue weighted by atomic mass is 9.97. The minimum atomic E-state index is -4.45. The first kappa shape index (κ1) is 13.3. The molecule has 4 heteroatoms. The zero-order valence-electron chi connectivity index (χ0n) is 10.1. The van der Waals surface area contributed by atoms with Crippen LogP contribution in [0.3, 0.4) is 0 Å². The van der Waals surface area contributed by atoms with E-state index in [1.54, 1.807) is 12.1 Å². The van der Waals surface area contributed by atoms with Gasteiger partial charge in [0.15, 0.2) is 5.78 Å². The zero-order valence-corrected chi connectivity index (χ0v) is 10.1. The lowest BCUT2D eigenvalue weighted by Crippen LogP contribution is -2.07. The van der Waals surface area contributed by atoms with Crippen molar-refractivity contribution in [3.05, 3.63) is 59.7 Å². The Morgan fingerprint density at radius 2 is 1.89 bits per heavy atom. The third-order valence-corrected chi connectivity index (χ3v) is 2.72. The first-order chi connectivity index (χ1) is 8.89. The van der Waals surface area contributed by atoms with Crippen molar-refractivity contribution in [2.75, 3.05) is 0 Å². The molecule has 0 aliphatic rings. The summed E-state index contributed by atoms with van der Waals surface area (Å²) < 4.78 is 38.7. The van der Waals surface area contributed by atoms with E-state index in [0.717, 1.165) is 6.07 Å². The van der Waals surface area contributed by atoms with Crippen LogP contribution in [0.1, 0.15) is 22.8 Å². The molecule has 0 aromatic heterocycles. The molecule has 0 fully saturated rings. The first-order valence-electron chi connectivity index (χ1n) is 5.59. The molecule has 1 nitrogen and oxygen atoms in total. The quantitative estimate of drug-likeness (QED) is 0.735. The number of Topliss-reactive ketones (excluding diaryl/α,β-unsaturated/α-hetero) is 1. The van der Waals surface area contributed by atoms with Crippen LogP contribution in [-0.4, -0.2) is 5.78 Å². The fourth-order valence-electron chi connectivity index (χ4n) is 1.81. The van der Waals surface area contributed by atoms with E-state index in [-0.39, 0.29) is 11.3 Å². The standard InChI is InChI=1S/C15H10F3O/c1-10(19)11-5-4-6-12(9-11)13-7-2-3-8-14(13)15(16,17)18/h2-6,8-9H,1H3. The number of alkyl halides is 3. The van der Waals surface area contributed by atoms with Gasteiger partial charge in [-0.3, -0.25) is 4.79 Å². The summed E-state index contributed by atoms with van der Waals surface area (Å²) in [4.78, 5) is 11.3. The molecule has 0 N–H and O–H groups in total. The van der Waals surface area contributed by atoms with Crippen LogP contribution in [0, 0.1) is 6.07 Å². The Morgan fingerprint density at radius 3 is 2.53 bits per heavy atom. The average Bonchev–Trinajstić information content (AvgIpc) is 2.38. The van der Waals surface area contributed by atoms with Crippen molar-refractivity contribution in [2.45, 2.75) is 13.1 Å². The van der Waals surface area contributed by atoms with Crippen LogP contribution in [0.15, 0.2) is 42.5 Å². The van der Waals surface area contributed by atoms with Crippen LogP contribution in [0.2, 0.25) is 0 Å². The van der Waals surface area contributed by atoms with Crippen LogP contribution in [0.4, 0.5) is 13.2 Å². The Kier molecular flexibility index (Phi) is 3.42. The van der Waals surface area contributed by atoms with Gasteiger partial charge < -0.3 is 0 Å². The topological polar surface area (TPSA) is 17.1 Å². The number of carbonyl (C=O) groups is 1. The normalized spacial score (nSPS) is 11.4. The van der Waals surface area contributed by atoms with Gasteiger partial charge in [0.2, 0.25) is 0 Å². The summed E-state index contributed by atoms with van der Waals surface area (Å²) >= 11 is 0. The second-order valence-corrected chi connectivity index (χ2v) is 4.09. The molecule has 0 saturated carbocycles. The highest BCUT2D eigenvalue weighted by atomic mass is 19.4. The summed E-state index contributed by atoms with van der Waals surface area (Å²) in [7, 11) is 0. The van der Waals surface area contributed by atoms with Crippen molar-refractivity contribution >= 4 is 5.78 Å². The number of hydrogen-bond acceptors (Lipinski definition) is 1. The second kappa shape index (κ2) is 4.88. The summed E-state index contributed by atoms with van der Waals surface area (Å²) in [5.41, 5.74) is -0.0858. The Morgan fingerprint density at radius 1 is 1.16 bits per heavy atom. The highest BCUT2D eigenvalue weighted by Crippen LogP contribution is 2.36. The van der Waals surface area contributed by atoms with Gasteiger partial charge in [-0.2, -0.15) is 13.2 Å². The van der Waals surface area contributed by atoms with Crippen LogP contribution >= 0.6 is 0 Å². The van der Waals surface area contributed by atoms with Crippen molar-refractivity contribution in [3.8, 4) is 11.1 Å². The Hall–Kier alpha value is -2.10. The van der Waals surface area contributed by atoms with E-state index in [1.807, 2.05) is 0 Å². The smallest absolute Gasteiger partial charge is 0.295 e. The van der Waals surface area contributed by atoms with Crippen LogP contribution in [-0.2, 0) is 6.18 Å². The monoisotopic (exact) mass is 263 g/mol. The summed E-state index contributed by atoms with van der Waals surface area (Å²) in [6.07, 6.45) is -4.45. The molecule has 0 spiro atoms. The highest BCUT2D eigenvalue weighted by molar-refractivity contribution is 5.95. The third-order valence-electron chi connectivity index (χ3n) is 2.72. The molecule has 2 aromatic carbocycles. The van der Waals surface area contributed by atoms with Crippen LogP contribution in [0.5, 0.6) is 0 Å². The lowest BCUT2D eigenvalue weighted by Gasteiger charge is -2.12. The van der Waals surface area contributed by atoms with Crippen molar-refractivity contribution in [1.82, 2.24) is 0 Å². The van der Waals surface area contributed by atoms with Crippen molar-refractivity contribution in [3.63, 3.8) is 0 Å². The Bertz CT molecular complexity index is 615. The van der Waals surface area contributed by atoms with Gasteiger partial charge in [-0.25, -0.2) is 0 Å². The molecular weight excluding hydrogens is 253 g/mol. The minimum Gasteiger partial charge on any atom is -0.295 e. The molecule has 0 heterocycles. The van der Waals surface area contributed by atoms with Gasteiger partial charge in [0.25, 0.3) is 0 Å². The lowest BCUT2D eigenvalue weighted by molar-refractivity contribution is -0.137. The SMILES string of the molecule is CC(=O)c1cccc(-c2[c]cccc2C(F)(F)F)c1. The fourth-order valence-corrected chi connectivity index (χ4v) is 1.81. The molecule has 0 amide bonds. The van der Waals surface area contributed by atoms with Gasteiger partial charge >= 0.3 is 6.18 Å². The van der Waals surface area contributed by atoms with Crippen molar-refractivity contribution in [2.24, 2.45) is 0 Å². The molecule has 97 valence electrons. The molecule has 0 aliphatic heterocycles. The van der Waals surface area contributed by atoms with Crippen molar-refractivity contribution < 1.29 is 18.0 Å². The van der Waals surface area contributed by atoms with E-state index < -0.39 is 11.7 Å². The largest absolute Gasteiger partial charge is 0.417 e. The number of rotatable bonds is 2. The van der Waals surface area contributed by atoms with E-state index in [4.69, 9.17) is 0 Å². The van der Waals surface area contributed by atoms with Crippen LogP contribution in [0.25, 0.3) is 11.1 Å². The number of halogens is 3. The molecule has 0 atom stereocenters. The number of ketones is 1. The molecule has 2 aromatic rings. The van der Waals surface area contributed by atoms with Gasteiger partial charge in [0.05, 0.1) is 5.56 Å². The molecular formula is C15H10F3O. The maximum atomic E-state index is 12.9. The Balaban J connectivity index is 2.60. The average molecular weight is 263 g/mol. The van der Waals surface area contributed by atoms with Crippen LogP contribution < -0.4 is 0 Å². The predicted molar refractivity (Wildman–Crippen MR) is 65.7 cm³/mol. The number of carbonyl (C=O) groups excluding carboxylic acids is 1. The molecule has 0 unspecified atom stereocenters. The predicted octanol–water partition coefficient (Wildman–Crippen LogP) is 4.38. The second-order valence-electron chi connectivity index (χ2n) is 4.09.